The summed E-state index contributed by atoms with van der Waals surface area (Å²) in [6.07, 6.45) is 1.39. The van der Waals surface area contributed by atoms with Crippen molar-refractivity contribution in [1.29, 1.82) is 0 Å². The van der Waals surface area contributed by atoms with E-state index >= 15 is 0 Å². The Kier molecular flexibility index (Phi) is 6.27. The Morgan fingerprint density at radius 3 is 2.59 bits per heavy atom. The molecule has 9 heteroatoms. The summed E-state index contributed by atoms with van der Waals surface area (Å²) in [7, 11) is 0. The van der Waals surface area contributed by atoms with Crippen LogP contribution in [0.25, 0.3) is 11.4 Å². The van der Waals surface area contributed by atoms with E-state index in [9.17, 15) is 14.9 Å². The lowest BCUT2D eigenvalue weighted by atomic mass is 9.95. The third-order valence-electron chi connectivity index (χ3n) is 5.78. The second-order valence-corrected chi connectivity index (χ2v) is 8.17. The number of piperidine rings is 1. The Balaban J connectivity index is 1.31. The maximum Gasteiger partial charge on any atom is 0.271 e. The Morgan fingerprint density at radius 2 is 1.91 bits per heavy atom. The van der Waals surface area contributed by atoms with Crippen LogP contribution in [0.15, 0.2) is 47.0 Å². The Morgan fingerprint density at radius 1 is 1.19 bits per heavy atom. The third kappa shape index (κ3) is 5.00. The van der Waals surface area contributed by atoms with Crippen LogP contribution in [0, 0.1) is 29.9 Å². The van der Waals surface area contributed by atoms with Crippen LogP contribution in [0.2, 0.25) is 0 Å². The van der Waals surface area contributed by atoms with Gasteiger partial charge in [-0.1, -0.05) is 41.1 Å². The number of non-ortho nitro benzene ring substituents is 1. The fourth-order valence-electron chi connectivity index (χ4n) is 3.78. The molecule has 3 aromatic rings. The maximum atomic E-state index is 12.7. The minimum Gasteiger partial charge on any atom is -0.338 e. The highest BCUT2D eigenvalue weighted by Gasteiger charge is 2.26. The molecule has 2 aromatic carbocycles. The molecular weight excluding hydrogens is 410 g/mol. The van der Waals surface area contributed by atoms with Crippen molar-refractivity contribution in [3.05, 3.63) is 69.6 Å². The molecule has 166 valence electrons. The molecular formula is C23H25N5O4. The van der Waals surface area contributed by atoms with Crippen LogP contribution in [0.1, 0.15) is 29.9 Å². The monoisotopic (exact) mass is 435 g/mol. The second-order valence-electron chi connectivity index (χ2n) is 8.17. The van der Waals surface area contributed by atoms with Crippen LogP contribution in [-0.4, -0.2) is 39.0 Å². The normalized spacial score (nSPS) is 14.9. The molecule has 0 bridgehead atoms. The van der Waals surface area contributed by atoms with Gasteiger partial charge in [0, 0.05) is 23.6 Å². The number of nitrogens with one attached hydrogen (secondary N) is 1. The van der Waals surface area contributed by atoms with Crippen molar-refractivity contribution in [3.8, 4) is 11.4 Å². The number of nitro benzene ring substituents is 1. The topological polar surface area (TPSA) is 114 Å². The summed E-state index contributed by atoms with van der Waals surface area (Å²) in [6, 6.07) is 12.4. The average Bonchev–Trinajstić information content (AvgIpc) is 3.24. The molecule has 0 atom stereocenters. The van der Waals surface area contributed by atoms with Crippen molar-refractivity contribution in [2.75, 3.05) is 18.4 Å². The number of amides is 1. The van der Waals surface area contributed by atoms with Crippen LogP contribution in [0.5, 0.6) is 0 Å². The predicted octanol–water partition coefficient (Wildman–Crippen LogP) is 4.11. The molecule has 1 aliphatic heterocycles. The van der Waals surface area contributed by atoms with Crippen molar-refractivity contribution in [2.45, 2.75) is 33.2 Å². The summed E-state index contributed by atoms with van der Waals surface area (Å²) in [4.78, 5) is 29.9. The third-order valence-corrected chi connectivity index (χ3v) is 5.78. The van der Waals surface area contributed by atoms with Gasteiger partial charge in [-0.15, -0.1) is 0 Å². The lowest BCUT2D eigenvalue weighted by molar-refractivity contribution is -0.384. The molecule has 0 radical (unpaired) electrons. The lowest BCUT2D eigenvalue weighted by Gasteiger charge is -2.30. The first-order chi connectivity index (χ1) is 15.4. The molecule has 1 fully saturated rings. The van der Waals surface area contributed by atoms with E-state index in [1.54, 1.807) is 6.07 Å². The summed E-state index contributed by atoms with van der Waals surface area (Å²) in [5, 5.41) is 17.9. The van der Waals surface area contributed by atoms with Gasteiger partial charge in [-0.2, -0.15) is 4.98 Å². The SMILES string of the molecule is Cc1ccc(-c2noc(CN3CCC(C(=O)Nc4cc([N+](=O)[O-])ccc4C)CC3)n2)cc1. The molecule has 2 heterocycles. The van der Waals surface area contributed by atoms with E-state index in [1.807, 2.05) is 38.1 Å². The summed E-state index contributed by atoms with van der Waals surface area (Å²) in [5.41, 5.74) is 3.33. The highest BCUT2D eigenvalue weighted by Crippen LogP contribution is 2.25. The van der Waals surface area contributed by atoms with Gasteiger partial charge in [0.15, 0.2) is 0 Å². The zero-order valence-electron chi connectivity index (χ0n) is 18.1. The van der Waals surface area contributed by atoms with Crippen molar-refractivity contribution in [1.82, 2.24) is 15.0 Å². The summed E-state index contributed by atoms with van der Waals surface area (Å²) < 4.78 is 5.41. The van der Waals surface area contributed by atoms with E-state index in [2.05, 4.69) is 20.4 Å². The molecule has 1 N–H and O–H groups in total. The quantitative estimate of drug-likeness (QED) is 0.458. The van der Waals surface area contributed by atoms with E-state index in [-0.39, 0.29) is 17.5 Å². The molecule has 1 amide bonds. The van der Waals surface area contributed by atoms with Crippen molar-refractivity contribution >= 4 is 17.3 Å². The molecule has 0 aliphatic carbocycles. The fraction of sp³-hybridized carbons (Fsp3) is 0.348. The van der Waals surface area contributed by atoms with Crippen molar-refractivity contribution in [2.24, 2.45) is 5.92 Å². The molecule has 1 aromatic heterocycles. The Labute approximate surface area is 185 Å². The molecule has 0 unspecified atom stereocenters. The van der Waals surface area contributed by atoms with Gasteiger partial charge in [0.2, 0.25) is 17.6 Å². The zero-order valence-corrected chi connectivity index (χ0v) is 18.1. The predicted molar refractivity (Wildman–Crippen MR) is 119 cm³/mol. The number of carbonyl (C=O) groups excluding carboxylic acids is 1. The van der Waals surface area contributed by atoms with Crippen molar-refractivity contribution in [3.63, 3.8) is 0 Å². The number of likely N-dealkylation sites (tertiary alicyclic amines) is 1. The van der Waals surface area contributed by atoms with Crippen LogP contribution in [0.3, 0.4) is 0 Å². The molecule has 32 heavy (non-hydrogen) atoms. The van der Waals surface area contributed by atoms with Gasteiger partial charge in [0.25, 0.3) is 5.69 Å². The minimum atomic E-state index is -0.463. The fourth-order valence-corrected chi connectivity index (χ4v) is 3.78. The number of benzene rings is 2. The largest absolute Gasteiger partial charge is 0.338 e. The number of nitrogens with zero attached hydrogens (tertiary/aromatic N) is 4. The molecule has 0 saturated carbocycles. The van der Waals surface area contributed by atoms with E-state index in [1.165, 1.54) is 17.7 Å². The second kappa shape index (κ2) is 9.27. The summed E-state index contributed by atoms with van der Waals surface area (Å²) >= 11 is 0. The lowest BCUT2D eigenvalue weighted by Crippen LogP contribution is -2.37. The van der Waals surface area contributed by atoms with Gasteiger partial charge < -0.3 is 9.84 Å². The van der Waals surface area contributed by atoms with Gasteiger partial charge in [0.05, 0.1) is 17.2 Å². The molecule has 1 aliphatic rings. The van der Waals surface area contributed by atoms with Crippen LogP contribution in [-0.2, 0) is 11.3 Å². The number of anilines is 1. The molecule has 4 rings (SSSR count). The summed E-state index contributed by atoms with van der Waals surface area (Å²) in [6.45, 7) is 5.84. The molecule has 9 nitrogen and oxygen atoms in total. The first-order valence-corrected chi connectivity index (χ1v) is 10.6. The van der Waals surface area contributed by atoms with Gasteiger partial charge in [-0.25, -0.2) is 0 Å². The van der Waals surface area contributed by atoms with Crippen molar-refractivity contribution < 1.29 is 14.2 Å². The van der Waals surface area contributed by atoms with Crippen LogP contribution >= 0.6 is 0 Å². The Bertz CT molecular complexity index is 1120. The highest BCUT2D eigenvalue weighted by atomic mass is 16.6. The average molecular weight is 435 g/mol. The minimum absolute atomic E-state index is 0.0368. The molecule has 0 spiro atoms. The number of hydrogen-bond donors (Lipinski definition) is 1. The zero-order chi connectivity index (χ0) is 22.7. The number of aromatic nitrogens is 2. The van der Waals surface area contributed by atoms with Crippen LogP contribution in [0.4, 0.5) is 11.4 Å². The standard InChI is InChI=1S/C23H25N5O4/c1-15-3-6-17(7-4-15)22-25-21(32-26-22)14-27-11-9-18(10-12-27)23(29)24-20-13-19(28(30)31)8-5-16(20)2/h3-8,13,18H,9-12,14H2,1-2H3,(H,24,29). The van der Waals surface area contributed by atoms with E-state index in [0.717, 1.165) is 24.2 Å². The van der Waals surface area contributed by atoms with Crippen LogP contribution < -0.4 is 5.32 Å². The van der Waals surface area contributed by atoms with E-state index in [0.29, 0.717) is 36.8 Å². The summed E-state index contributed by atoms with van der Waals surface area (Å²) in [5.74, 6) is 0.876. The molecule has 1 saturated heterocycles. The smallest absolute Gasteiger partial charge is 0.271 e. The van der Waals surface area contributed by atoms with E-state index < -0.39 is 4.92 Å². The maximum absolute atomic E-state index is 12.7. The number of rotatable bonds is 6. The Hall–Kier alpha value is -3.59. The number of carbonyl (C=O) groups is 1. The van der Waals surface area contributed by atoms with Gasteiger partial charge in [0.1, 0.15) is 0 Å². The number of nitro groups is 1. The van der Waals surface area contributed by atoms with E-state index in [4.69, 9.17) is 4.52 Å². The van der Waals surface area contributed by atoms with Gasteiger partial charge >= 0.3 is 0 Å². The van der Waals surface area contributed by atoms with Gasteiger partial charge in [-0.3, -0.25) is 19.8 Å². The first kappa shape index (κ1) is 21.6. The number of hydrogen-bond acceptors (Lipinski definition) is 7. The number of aryl methyl sites for hydroxylation is 2. The van der Waals surface area contributed by atoms with Gasteiger partial charge in [-0.05, 0) is 45.3 Å². The highest BCUT2D eigenvalue weighted by molar-refractivity contribution is 5.93. The first-order valence-electron chi connectivity index (χ1n) is 10.6.